The first-order chi connectivity index (χ1) is 14.1. The van der Waals surface area contributed by atoms with Gasteiger partial charge in [0, 0.05) is 18.1 Å². The lowest BCUT2D eigenvalue weighted by atomic mass is 10.1. The van der Waals surface area contributed by atoms with Gasteiger partial charge in [-0.1, -0.05) is 24.3 Å². The summed E-state index contributed by atoms with van der Waals surface area (Å²) in [6.07, 6.45) is -4.54. The van der Waals surface area contributed by atoms with E-state index in [4.69, 9.17) is 5.73 Å². The number of carbonyl (C=O) groups is 1. The van der Waals surface area contributed by atoms with Crippen LogP contribution in [0.15, 0.2) is 47.3 Å². The Morgan fingerprint density at radius 2 is 1.83 bits per heavy atom. The van der Waals surface area contributed by atoms with Crippen molar-refractivity contribution >= 4 is 27.7 Å². The maximum absolute atomic E-state index is 13.3. The number of pyridine rings is 2. The van der Waals surface area contributed by atoms with Crippen molar-refractivity contribution in [1.82, 2.24) is 14.1 Å². The summed E-state index contributed by atoms with van der Waals surface area (Å²) < 4.78 is 41.8. The van der Waals surface area contributed by atoms with E-state index in [1.807, 2.05) is 6.07 Å². The van der Waals surface area contributed by atoms with E-state index in [9.17, 15) is 22.8 Å². The summed E-state index contributed by atoms with van der Waals surface area (Å²) >= 11 is 0. The third kappa shape index (κ3) is 3.02. The first-order valence-electron chi connectivity index (χ1n) is 9.04. The number of amides is 1. The van der Waals surface area contributed by atoms with Gasteiger partial charge in [0.1, 0.15) is 11.4 Å². The summed E-state index contributed by atoms with van der Waals surface area (Å²) in [5, 5.41) is 1.03. The molecule has 0 spiro atoms. The number of benzene rings is 1. The molecule has 0 atom stereocenters. The van der Waals surface area contributed by atoms with E-state index in [0.29, 0.717) is 22.0 Å². The number of aryl methyl sites for hydroxylation is 2. The number of aromatic nitrogens is 3. The summed E-state index contributed by atoms with van der Waals surface area (Å²) in [6, 6.07) is 10.8. The number of hydrogen-bond acceptors (Lipinski definition) is 3. The quantitative estimate of drug-likeness (QED) is 0.558. The lowest BCUT2D eigenvalue weighted by Gasteiger charge is -2.15. The molecule has 2 N–H and O–H groups in total. The highest BCUT2D eigenvalue weighted by atomic mass is 19.4. The molecule has 1 amide bonds. The number of alkyl halides is 3. The van der Waals surface area contributed by atoms with Crippen LogP contribution in [0.5, 0.6) is 0 Å². The van der Waals surface area contributed by atoms with Gasteiger partial charge in [0.05, 0.1) is 23.0 Å². The van der Waals surface area contributed by atoms with Crippen molar-refractivity contribution in [3.8, 4) is 0 Å². The highest BCUT2D eigenvalue weighted by Gasteiger charge is 2.32. The number of nitrogens with two attached hydrogens (primary N) is 1. The van der Waals surface area contributed by atoms with Crippen LogP contribution in [0, 0.1) is 6.92 Å². The summed E-state index contributed by atoms with van der Waals surface area (Å²) in [5.74, 6) is -0.661. The number of nitrogens with zero attached hydrogens (tertiary/aromatic N) is 3. The van der Waals surface area contributed by atoms with Gasteiger partial charge in [-0.05, 0) is 30.7 Å². The molecule has 0 saturated heterocycles. The second-order valence-corrected chi connectivity index (χ2v) is 7.06. The maximum atomic E-state index is 13.3. The second kappa shape index (κ2) is 6.72. The molecule has 0 aliphatic carbocycles. The minimum atomic E-state index is -4.54. The largest absolute Gasteiger partial charge is 0.433 e. The number of rotatable bonds is 3. The Morgan fingerprint density at radius 3 is 2.47 bits per heavy atom. The van der Waals surface area contributed by atoms with Gasteiger partial charge in [-0.2, -0.15) is 13.2 Å². The third-order valence-electron chi connectivity index (χ3n) is 5.23. The predicted octanol–water partition coefficient (Wildman–Crippen LogP) is 3.36. The maximum Gasteiger partial charge on any atom is 0.433 e. The van der Waals surface area contributed by atoms with Gasteiger partial charge in [0.25, 0.3) is 11.5 Å². The van der Waals surface area contributed by atoms with Gasteiger partial charge < -0.3 is 14.9 Å². The Labute approximate surface area is 168 Å². The highest BCUT2D eigenvalue weighted by molar-refractivity contribution is 6.07. The normalized spacial score (nSPS) is 12.0. The van der Waals surface area contributed by atoms with Crippen molar-refractivity contribution in [2.24, 2.45) is 12.8 Å². The molecule has 0 saturated carbocycles. The molecule has 3 aromatic heterocycles. The van der Waals surface area contributed by atoms with E-state index in [1.165, 1.54) is 23.6 Å². The standard InChI is InChI=1S/C21H17F3N4O2/c1-11-12(7-8-17(26-11)21(22,23)24)10-28-15-6-4-3-5-13(15)18-14(20(28)30)9-16(19(25)29)27(18)2/h3-9H,10H2,1-2H3,(H2,25,29). The van der Waals surface area contributed by atoms with Gasteiger partial charge in [-0.3, -0.25) is 9.59 Å². The average Bonchev–Trinajstić information content (AvgIpc) is 3.03. The number of primary amides is 1. The van der Waals surface area contributed by atoms with Crippen LogP contribution < -0.4 is 11.3 Å². The molecule has 0 fully saturated rings. The van der Waals surface area contributed by atoms with Gasteiger partial charge in [0.15, 0.2) is 0 Å². The van der Waals surface area contributed by atoms with Crippen molar-refractivity contribution in [2.45, 2.75) is 19.6 Å². The molecule has 30 heavy (non-hydrogen) atoms. The molecule has 6 nitrogen and oxygen atoms in total. The molecule has 4 aromatic rings. The van der Waals surface area contributed by atoms with Crippen LogP contribution in [-0.2, 0) is 19.8 Å². The minimum Gasteiger partial charge on any atom is -0.364 e. The monoisotopic (exact) mass is 414 g/mol. The second-order valence-electron chi connectivity index (χ2n) is 7.06. The van der Waals surface area contributed by atoms with E-state index < -0.39 is 17.8 Å². The number of para-hydroxylation sites is 1. The highest BCUT2D eigenvalue weighted by Crippen LogP contribution is 2.29. The smallest absolute Gasteiger partial charge is 0.364 e. The van der Waals surface area contributed by atoms with Crippen molar-refractivity contribution < 1.29 is 18.0 Å². The Hall–Kier alpha value is -3.62. The number of hydrogen-bond donors (Lipinski definition) is 1. The predicted molar refractivity (Wildman–Crippen MR) is 106 cm³/mol. The molecular weight excluding hydrogens is 397 g/mol. The van der Waals surface area contributed by atoms with Crippen molar-refractivity contribution in [3.63, 3.8) is 0 Å². The van der Waals surface area contributed by atoms with Crippen molar-refractivity contribution in [3.05, 3.63) is 75.5 Å². The van der Waals surface area contributed by atoms with Crippen LogP contribution in [0.25, 0.3) is 21.8 Å². The Bertz CT molecular complexity index is 1380. The summed E-state index contributed by atoms with van der Waals surface area (Å²) in [6.45, 7) is 1.51. The number of fused-ring (bicyclic) bond motifs is 3. The fourth-order valence-electron chi connectivity index (χ4n) is 3.73. The van der Waals surface area contributed by atoms with Crippen LogP contribution in [0.2, 0.25) is 0 Å². The van der Waals surface area contributed by atoms with Gasteiger partial charge >= 0.3 is 6.18 Å². The molecule has 0 bridgehead atoms. The SMILES string of the molecule is Cc1nc(C(F)(F)F)ccc1Cn1c(=O)c2cc(C(N)=O)n(C)c2c2ccccc21. The number of halogens is 3. The van der Waals surface area contributed by atoms with E-state index >= 15 is 0 Å². The topological polar surface area (TPSA) is 82.9 Å². The van der Waals surface area contributed by atoms with Crippen LogP contribution in [0.4, 0.5) is 13.2 Å². The summed E-state index contributed by atoms with van der Waals surface area (Å²) in [4.78, 5) is 28.7. The molecule has 0 radical (unpaired) electrons. The molecule has 0 aliphatic rings. The zero-order valence-corrected chi connectivity index (χ0v) is 16.1. The van der Waals surface area contributed by atoms with E-state index in [2.05, 4.69) is 4.98 Å². The van der Waals surface area contributed by atoms with Crippen LogP contribution in [0.1, 0.15) is 27.4 Å². The van der Waals surface area contributed by atoms with Gasteiger partial charge in [-0.25, -0.2) is 4.98 Å². The molecule has 9 heteroatoms. The zero-order valence-electron chi connectivity index (χ0n) is 16.1. The Balaban J connectivity index is 1.97. The van der Waals surface area contributed by atoms with Gasteiger partial charge in [0.2, 0.25) is 0 Å². The fraction of sp³-hybridized carbons (Fsp3) is 0.190. The van der Waals surface area contributed by atoms with E-state index in [1.54, 1.807) is 29.8 Å². The molecular formula is C21H17F3N4O2. The molecule has 0 unspecified atom stereocenters. The first-order valence-corrected chi connectivity index (χ1v) is 9.04. The van der Waals surface area contributed by atoms with Crippen molar-refractivity contribution in [2.75, 3.05) is 0 Å². The summed E-state index contributed by atoms with van der Waals surface area (Å²) in [5.41, 5.74) is 6.11. The van der Waals surface area contributed by atoms with Crippen molar-refractivity contribution in [1.29, 1.82) is 0 Å². The Kier molecular flexibility index (Phi) is 4.41. The van der Waals surface area contributed by atoms with Crippen LogP contribution in [-0.4, -0.2) is 20.0 Å². The molecule has 154 valence electrons. The van der Waals surface area contributed by atoms with E-state index in [-0.39, 0.29) is 23.5 Å². The van der Waals surface area contributed by atoms with Crippen LogP contribution >= 0.6 is 0 Å². The molecule has 0 aliphatic heterocycles. The number of carbonyl (C=O) groups excluding carboxylic acids is 1. The fourth-order valence-corrected chi connectivity index (χ4v) is 3.73. The lowest BCUT2D eigenvalue weighted by Crippen LogP contribution is -2.22. The minimum absolute atomic E-state index is 0.0348. The summed E-state index contributed by atoms with van der Waals surface area (Å²) in [7, 11) is 1.66. The molecule has 3 heterocycles. The van der Waals surface area contributed by atoms with Crippen LogP contribution in [0.3, 0.4) is 0 Å². The molecule has 1 aromatic carbocycles. The molecule has 4 rings (SSSR count). The first kappa shape index (κ1) is 19.7. The average molecular weight is 414 g/mol. The van der Waals surface area contributed by atoms with Gasteiger partial charge in [-0.15, -0.1) is 0 Å². The van der Waals surface area contributed by atoms with E-state index in [0.717, 1.165) is 11.5 Å². The Morgan fingerprint density at radius 1 is 1.13 bits per heavy atom. The third-order valence-corrected chi connectivity index (χ3v) is 5.23. The zero-order chi connectivity index (χ0) is 21.8. The lowest BCUT2D eigenvalue weighted by molar-refractivity contribution is -0.141.